The Labute approximate surface area is 398 Å². The molecule has 0 aliphatic rings. The number of carbonyl (C=O) groups is 3. The Morgan fingerprint density at radius 1 is 0.323 bits per heavy atom. The molecule has 0 rings (SSSR count). The number of esters is 3. The topological polar surface area (TPSA) is 78.9 Å². The molecule has 0 aliphatic carbocycles. The van der Waals surface area contributed by atoms with E-state index in [1.165, 1.54) is 38.5 Å². The van der Waals surface area contributed by atoms with Crippen LogP contribution in [0.5, 0.6) is 0 Å². The number of rotatable bonds is 44. The van der Waals surface area contributed by atoms with Crippen LogP contribution < -0.4 is 0 Å². The Morgan fingerprint density at radius 3 is 1.06 bits per heavy atom. The first-order chi connectivity index (χ1) is 32.0. The van der Waals surface area contributed by atoms with Crippen LogP contribution in [-0.2, 0) is 28.6 Å². The highest BCUT2D eigenvalue weighted by Crippen LogP contribution is 2.14. The third kappa shape index (κ3) is 50.4. The summed E-state index contributed by atoms with van der Waals surface area (Å²) >= 11 is 0. The second kappa shape index (κ2) is 52.2. The van der Waals surface area contributed by atoms with Crippen LogP contribution in [0.3, 0.4) is 0 Å². The molecular weight excluding hydrogens is 805 g/mol. The predicted molar refractivity (Wildman–Crippen MR) is 279 cm³/mol. The summed E-state index contributed by atoms with van der Waals surface area (Å²) in [6.07, 6.45) is 72.9. The van der Waals surface area contributed by atoms with Gasteiger partial charge < -0.3 is 14.2 Å². The van der Waals surface area contributed by atoms with Crippen LogP contribution in [-0.4, -0.2) is 37.2 Å². The first-order valence-electron chi connectivity index (χ1n) is 25.8. The molecule has 0 N–H and O–H groups in total. The molecule has 65 heavy (non-hydrogen) atoms. The Morgan fingerprint density at radius 2 is 0.631 bits per heavy atom. The molecule has 0 saturated carbocycles. The maximum atomic E-state index is 12.8. The van der Waals surface area contributed by atoms with E-state index in [9.17, 15) is 14.4 Å². The molecule has 1 atom stereocenters. The molecule has 0 aromatic rings. The quantitative estimate of drug-likeness (QED) is 0.0199. The highest BCUT2D eigenvalue weighted by atomic mass is 16.6. The van der Waals surface area contributed by atoms with Gasteiger partial charge in [-0.25, -0.2) is 0 Å². The molecule has 1 unspecified atom stereocenters. The van der Waals surface area contributed by atoms with Crippen molar-refractivity contribution in [2.24, 2.45) is 0 Å². The van der Waals surface area contributed by atoms with Crippen molar-refractivity contribution in [3.05, 3.63) is 134 Å². The average molecular weight is 897 g/mol. The first-order valence-corrected chi connectivity index (χ1v) is 25.8. The zero-order chi connectivity index (χ0) is 47.2. The molecule has 0 aromatic heterocycles. The van der Waals surface area contributed by atoms with Gasteiger partial charge in [0, 0.05) is 19.3 Å². The van der Waals surface area contributed by atoms with E-state index in [0.29, 0.717) is 12.8 Å². The molecular formula is C59H92O6. The van der Waals surface area contributed by atoms with E-state index in [4.69, 9.17) is 14.2 Å². The van der Waals surface area contributed by atoms with Gasteiger partial charge in [0.15, 0.2) is 6.10 Å². The van der Waals surface area contributed by atoms with Gasteiger partial charge in [-0.05, 0) is 89.9 Å². The van der Waals surface area contributed by atoms with Crippen molar-refractivity contribution in [2.75, 3.05) is 13.2 Å². The summed E-state index contributed by atoms with van der Waals surface area (Å²) in [6.45, 7) is 6.17. The SMILES string of the molecule is CC\C=C/C=C\C=C/C=C\CCCCCCCC(=O)OC(COC(=O)CCCCC\C=C/C=C\C=C/C=C\CC)COC(=O)CCCCCCCCCCC/C=C\C/C=C\C/C=C\CC. The summed E-state index contributed by atoms with van der Waals surface area (Å²) in [4.78, 5) is 38.0. The Kier molecular flexibility index (Phi) is 48.6. The Hall–Kier alpha value is -4.45. The summed E-state index contributed by atoms with van der Waals surface area (Å²) in [6, 6.07) is 0. The van der Waals surface area contributed by atoms with Crippen molar-refractivity contribution >= 4 is 17.9 Å². The lowest BCUT2D eigenvalue weighted by molar-refractivity contribution is -0.167. The summed E-state index contributed by atoms with van der Waals surface area (Å²) in [5.74, 6) is -0.987. The van der Waals surface area contributed by atoms with E-state index >= 15 is 0 Å². The molecule has 364 valence electrons. The first kappa shape index (κ1) is 60.5. The van der Waals surface area contributed by atoms with E-state index in [-0.39, 0.29) is 37.5 Å². The molecule has 0 fully saturated rings. The van der Waals surface area contributed by atoms with Gasteiger partial charge in [0.1, 0.15) is 13.2 Å². The van der Waals surface area contributed by atoms with Crippen molar-refractivity contribution in [1.29, 1.82) is 0 Å². The molecule has 0 heterocycles. The van der Waals surface area contributed by atoms with Crippen molar-refractivity contribution in [1.82, 2.24) is 0 Å². The monoisotopic (exact) mass is 897 g/mol. The fourth-order valence-corrected chi connectivity index (χ4v) is 6.53. The molecule has 0 aliphatic heterocycles. The maximum Gasteiger partial charge on any atom is 0.306 e. The van der Waals surface area contributed by atoms with E-state index in [0.717, 1.165) is 122 Å². The minimum Gasteiger partial charge on any atom is -0.462 e. The summed E-state index contributed by atoms with van der Waals surface area (Å²) < 4.78 is 16.7. The number of hydrogen-bond acceptors (Lipinski definition) is 6. The smallest absolute Gasteiger partial charge is 0.306 e. The number of ether oxygens (including phenoxy) is 3. The van der Waals surface area contributed by atoms with Gasteiger partial charge in [-0.3, -0.25) is 14.4 Å². The second-order valence-electron chi connectivity index (χ2n) is 16.5. The minimum absolute atomic E-state index is 0.109. The third-order valence-corrected chi connectivity index (χ3v) is 10.3. The number of allylic oxidation sites excluding steroid dienone is 22. The number of carbonyl (C=O) groups excluding carboxylic acids is 3. The van der Waals surface area contributed by atoms with Gasteiger partial charge in [-0.15, -0.1) is 0 Å². The van der Waals surface area contributed by atoms with Gasteiger partial charge in [-0.1, -0.05) is 225 Å². The fraction of sp³-hybridized carbons (Fsp3) is 0.576. The maximum absolute atomic E-state index is 12.8. The summed E-state index contributed by atoms with van der Waals surface area (Å²) in [5.41, 5.74) is 0. The van der Waals surface area contributed by atoms with Gasteiger partial charge >= 0.3 is 17.9 Å². The van der Waals surface area contributed by atoms with Crippen LogP contribution in [0.25, 0.3) is 0 Å². The third-order valence-electron chi connectivity index (χ3n) is 10.3. The molecule has 0 aromatic carbocycles. The molecule has 6 nitrogen and oxygen atoms in total. The minimum atomic E-state index is -0.814. The Balaban J connectivity index is 4.48. The van der Waals surface area contributed by atoms with Crippen molar-refractivity contribution in [3.63, 3.8) is 0 Å². The van der Waals surface area contributed by atoms with E-state index in [1.807, 2.05) is 60.8 Å². The fourth-order valence-electron chi connectivity index (χ4n) is 6.53. The predicted octanol–water partition coefficient (Wildman–Crippen LogP) is 17.1. The molecule has 6 heteroatoms. The van der Waals surface area contributed by atoms with Gasteiger partial charge in [0.25, 0.3) is 0 Å². The molecule has 0 radical (unpaired) electrons. The van der Waals surface area contributed by atoms with Gasteiger partial charge in [0.05, 0.1) is 0 Å². The standard InChI is InChI=1S/C59H92O6/c1-4-7-10-13-16-19-22-25-27-28-29-30-32-34-37-40-43-46-49-52-58(61)64-55-56(54-63-57(60)51-48-45-42-39-36-33-24-21-18-15-12-9-6-3)65-59(62)53-50-47-44-41-38-35-31-26-23-20-17-14-11-8-5-2/h7-12,14-21,23-27,31,33,36,56H,4-6,13,22,28-30,32,34-35,37-55H2,1-3H3/b10-7-,11-8-,12-9-,17-14-,18-15-,19-16-,23-20-,24-21-,27-25-,31-26-,36-33-. The second-order valence-corrected chi connectivity index (χ2v) is 16.5. The van der Waals surface area contributed by atoms with Crippen molar-refractivity contribution in [2.45, 2.75) is 207 Å². The summed E-state index contributed by atoms with van der Waals surface area (Å²) in [5, 5.41) is 0. The van der Waals surface area contributed by atoms with E-state index in [1.54, 1.807) is 0 Å². The van der Waals surface area contributed by atoms with Crippen LogP contribution in [0.2, 0.25) is 0 Å². The van der Waals surface area contributed by atoms with Crippen LogP contribution in [0.4, 0.5) is 0 Å². The van der Waals surface area contributed by atoms with Crippen LogP contribution in [0.1, 0.15) is 201 Å². The lowest BCUT2D eigenvalue weighted by Crippen LogP contribution is -2.30. The molecule has 0 bridgehead atoms. The largest absolute Gasteiger partial charge is 0.462 e. The zero-order valence-electron chi connectivity index (χ0n) is 41.4. The molecule has 0 amide bonds. The van der Waals surface area contributed by atoms with Crippen LogP contribution in [0.15, 0.2) is 134 Å². The lowest BCUT2D eigenvalue weighted by Gasteiger charge is -2.18. The normalized spacial score (nSPS) is 13.2. The van der Waals surface area contributed by atoms with Crippen molar-refractivity contribution in [3.8, 4) is 0 Å². The number of hydrogen-bond donors (Lipinski definition) is 0. The summed E-state index contributed by atoms with van der Waals surface area (Å²) in [7, 11) is 0. The average Bonchev–Trinajstić information content (AvgIpc) is 3.30. The Bertz CT molecular complexity index is 1450. The van der Waals surface area contributed by atoms with Crippen LogP contribution >= 0.6 is 0 Å². The zero-order valence-corrected chi connectivity index (χ0v) is 41.4. The van der Waals surface area contributed by atoms with Crippen LogP contribution in [0, 0.1) is 0 Å². The van der Waals surface area contributed by atoms with Crippen molar-refractivity contribution < 1.29 is 28.6 Å². The highest BCUT2D eigenvalue weighted by Gasteiger charge is 2.19. The van der Waals surface area contributed by atoms with E-state index in [2.05, 4.69) is 93.7 Å². The molecule has 0 spiro atoms. The van der Waals surface area contributed by atoms with Gasteiger partial charge in [0.2, 0.25) is 0 Å². The van der Waals surface area contributed by atoms with E-state index < -0.39 is 6.10 Å². The lowest BCUT2D eigenvalue weighted by atomic mass is 10.1. The van der Waals surface area contributed by atoms with Gasteiger partial charge in [-0.2, -0.15) is 0 Å². The highest BCUT2D eigenvalue weighted by molar-refractivity contribution is 5.71. The molecule has 0 saturated heterocycles. The number of unbranched alkanes of at least 4 members (excludes halogenated alkanes) is 17.